The maximum absolute atomic E-state index is 11.2. The van der Waals surface area contributed by atoms with Crippen LogP contribution in [-0.4, -0.2) is 13.0 Å². The Balaban J connectivity index is 2.81. The normalized spacial score (nSPS) is 9.50. The molecule has 3 heteroatoms. The summed E-state index contributed by atoms with van der Waals surface area (Å²) in [7, 11) is 1.66. The zero-order valence-corrected chi connectivity index (χ0v) is 7.22. The molecule has 2 N–H and O–H groups in total. The van der Waals surface area contributed by atoms with Crippen LogP contribution in [0.4, 0.5) is 0 Å². The fourth-order valence-corrected chi connectivity index (χ4v) is 0.972. The van der Waals surface area contributed by atoms with E-state index in [2.05, 4.69) is 10.9 Å². The van der Waals surface area contributed by atoms with Gasteiger partial charge in [-0.2, -0.15) is 0 Å². The molecule has 0 saturated carbocycles. The maximum atomic E-state index is 11.2. The van der Waals surface area contributed by atoms with Crippen LogP contribution in [0.5, 0.6) is 0 Å². The van der Waals surface area contributed by atoms with Crippen LogP contribution in [0, 0.1) is 6.92 Å². The topological polar surface area (TPSA) is 41.1 Å². The second-order valence-corrected chi connectivity index (χ2v) is 2.57. The number of benzene rings is 1. The van der Waals surface area contributed by atoms with Gasteiger partial charge in [-0.3, -0.25) is 10.2 Å². The summed E-state index contributed by atoms with van der Waals surface area (Å²) in [6, 6.07) is 7.43. The van der Waals surface area contributed by atoms with Gasteiger partial charge in [0.05, 0.1) is 0 Å². The summed E-state index contributed by atoms with van der Waals surface area (Å²) in [5, 5.41) is 0. The van der Waals surface area contributed by atoms with Crippen molar-refractivity contribution < 1.29 is 4.79 Å². The van der Waals surface area contributed by atoms with Gasteiger partial charge in [-0.1, -0.05) is 17.7 Å². The van der Waals surface area contributed by atoms with Gasteiger partial charge < -0.3 is 0 Å². The van der Waals surface area contributed by atoms with E-state index in [0.29, 0.717) is 5.56 Å². The molecule has 0 aromatic heterocycles. The Bertz CT molecular complexity index is 284. The number of nitrogens with one attached hydrogen (secondary N) is 2. The summed E-state index contributed by atoms with van der Waals surface area (Å²) < 4.78 is 0. The van der Waals surface area contributed by atoms with Gasteiger partial charge in [0.1, 0.15) is 0 Å². The Kier molecular flexibility index (Phi) is 2.82. The van der Waals surface area contributed by atoms with Crippen molar-refractivity contribution in [2.45, 2.75) is 6.92 Å². The van der Waals surface area contributed by atoms with E-state index in [4.69, 9.17) is 0 Å². The lowest BCUT2D eigenvalue weighted by Crippen LogP contribution is -2.34. The van der Waals surface area contributed by atoms with Gasteiger partial charge in [-0.05, 0) is 19.1 Å². The second-order valence-electron chi connectivity index (χ2n) is 2.57. The van der Waals surface area contributed by atoms with E-state index in [-0.39, 0.29) is 5.91 Å². The molecule has 3 nitrogen and oxygen atoms in total. The zero-order chi connectivity index (χ0) is 8.97. The third kappa shape index (κ3) is 2.07. The minimum Gasteiger partial charge on any atom is -0.288 e. The molecule has 1 aromatic carbocycles. The van der Waals surface area contributed by atoms with Gasteiger partial charge >= 0.3 is 0 Å². The molecule has 0 heterocycles. The third-order valence-corrected chi connectivity index (χ3v) is 1.52. The lowest BCUT2D eigenvalue weighted by Gasteiger charge is -2.02. The minimum absolute atomic E-state index is 0.110. The van der Waals surface area contributed by atoms with E-state index in [1.54, 1.807) is 13.1 Å². The average molecular weight is 164 g/mol. The van der Waals surface area contributed by atoms with Crippen molar-refractivity contribution in [3.63, 3.8) is 0 Å². The van der Waals surface area contributed by atoms with Gasteiger partial charge in [-0.25, -0.2) is 5.43 Å². The number of hydrogen-bond acceptors (Lipinski definition) is 2. The highest BCUT2D eigenvalue weighted by atomic mass is 16.2. The van der Waals surface area contributed by atoms with Gasteiger partial charge in [0, 0.05) is 12.6 Å². The molecular weight excluding hydrogens is 152 g/mol. The number of hydrogen-bond donors (Lipinski definition) is 2. The molecule has 1 amide bonds. The lowest BCUT2D eigenvalue weighted by atomic mass is 10.1. The molecule has 0 aliphatic carbocycles. The minimum atomic E-state index is -0.110. The Labute approximate surface area is 71.8 Å². The lowest BCUT2D eigenvalue weighted by molar-refractivity contribution is 0.0938. The smallest absolute Gasteiger partial charge is 0.265 e. The van der Waals surface area contributed by atoms with E-state index < -0.39 is 0 Å². The molecule has 0 fully saturated rings. The van der Waals surface area contributed by atoms with Crippen LogP contribution in [0.1, 0.15) is 15.9 Å². The van der Waals surface area contributed by atoms with Gasteiger partial charge in [0.25, 0.3) is 5.91 Å². The molecule has 64 valence electrons. The van der Waals surface area contributed by atoms with Crippen LogP contribution in [0.2, 0.25) is 0 Å². The predicted molar refractivity (Wildman–Crippen MR) is 47.7 cm³/mol. The number of aryl methyl sites for hydroxylation is 1. The van der Waals surface area contributed by atoms with E-state index in [9.17, 15) is 4.79 Å². The van der Waals surface area contributed by atoms with Gasteiger partial charge in [-0.15, -0.1) is 0 Å². The first-order valence-corrected chi connectivity index (χ1v) is 3.78. The van der Waals surface area contributed by atoms with Crippen molar-refractivity contribution in [1.29, 1.82) is 0 Å². The first-order chi connectivity index (χ1) is 5.74. The highest BCUT2D eigenvalue weighted by Crippen LogP contribution is 2.02. The largest absolute Gasteiger partial charge is 0.288 e. The van der Waals surface area contributed by atoms with Crippen LogP contribution < -0.4 is 10.9 Å². The molecule has 1 rings (SSSR count). The summed E-state index contributed by atoms with van der Waals surface area (Å²) in [4.78, 5) is 11.2. The maximum Gasteiger partial charge on any atom is 0.265 e. The van der Waals surface area contributed by atoms with Crippen LogP contribution in [0.3, 0.4) is 0 Å². The Morgan fingerprint density at radius 1 is 1.42 bits per heavy atom. The number of hydrazine groups is 1. The first kappa shape index (κ1) is 8.74. The van der Waals surface area contributed by atoms with E-state index >= 15 is 0 Å². The molecule has 12 heavy (non-hydrogen) atoms. The quantitative estimate of drug-likeness (QED) is 0.636. The summed E-state index contributed by atoms with van der Waals surface area (Å²) in [5.74, 6) is -0.110. The van der Waals surface area contributed by atoms with Crippen molar-refractivity contribution in [3.8, 4) is 0 Å². The van der Waals surface area contributed by atoms with Gasteiger partial charge in [0.2, 0.25) is 0 Å². The molecule has 0 bridgehead atoms. The van der Waals surface area contributed by atoms with Crippen molar-refractivity contribution in [2.24, 2.45) is 0 Å². The summed E-state index contributed by atoms with van der Waals surface area (Å²) in [6.07, 6.45) is 0. The fraction of sp³-hybridized carbons (Fsp3) is 0.222. The molecule has 0 aliphatic rings. The Hall–Kier alpha value is -1.35. The molecule has 0 radical (unpaired) electrons. The molecule has 0 aliphatic heterocycles. The molecule has 0 atom stereocenters. The number of amides is 1. The van der Waals surface area contributed by atoms with Crippen molar-refractivity contribution in [2.75, 3.05) is 7.05 Å². The number of carbonyl (C=O) groups is 1. The zero-order valence-electron chi connectivity index (χ0n) is 7.22. The van der Waals surface area contributed by atoms with E-state index in [0.717, 1.165) is 5.56 Å². The molecule has 1 aromatic rings. The highest BCUT2D eigenvalue weighted by Gasteiger charge is 2.01. The van der Waals surface area contributed by atoms with Crippen LogP contribution in [0.15, 0.2) is 24.3 Å². The Morgan fingerprint density at radius 2 is 2.17 bits per heavy atom. The van der Waals surface area contributed by atoms with Crippen molar-refractivity contribution >= 4 is 5.91 Å². The van der Waals surface area contributed by atoms with Crippen LogP contribution in [-0.2, 0) is 0 Å². The monoisotopic (exact) mass is 164 g/mol. The number of carbonyl (C=O) groups excluding carboxylic acids is 1. The second kappa shape index (κ2) is 3.88. The fourth-order valence-electron chi connectivity index (χ4n) is 0.972. The molecule has 0 spiro atoms. The highest BCUT2D eigenvalue weighted by molar-refractivity contribution is 5.93. The molecule has 0 saturated heterocycles. The predicted octanol–water partition coefficient (Wildman–Crippen LogP) is 0.859. The average Bonchev–Trinajstić information content (AvgIpc) is 2.05. The molecule has 0 unspecified atom stereocenters. The molecular formula is C9H12N2O. The van der Waals surface area contributed by atoms with E-state index in [1.165, 1.54) is 0 Å². The SMILES string of the molecule is CNNC(=O)c1cccc(C)c1. The van der Waals surface area contributed by atoms with E-state index in [1.807, 2.05) is 25.1 Å². The van der Waals surface area contributed by atoms with Gasteiger partial charge in [0.15, 0.2) is 0 Å². The first-order valence-electron chi connectivity index (χ1n) is 3.78. The van der Waals surface area contributed by atoms with Crippen LogP contribution in [0.25, 0.3) is 0 Å². The summed E-state index contributed by atoms with van der Waals surface area (Å²) in [5.41, 5.74) is 6.84. The standard InChI is InChI=1S/C9H12N2O/c1-7-4-3-5-8(6-7)9(12)11-10-2/h3-6,10H,1-2H3,(H,11,12). The number of rotatable bonds is 2. The van der Waals surface area contributed by atoms with Crippen molar-refractivity contribution in [1.82, 2.24) is 10.9 Å². The van der Waals surface area contributed by atoms with Crippen LogP contribution >= 0.6 is 0 Å². The summed E-state index contributed by atoms with van der Waals surface area (Å²) >= 11 is 0. The van der Waals surface area contributed by atoms with Crippen molar-refractivity contribution in [3.05, 3.63) is 35.4 Å². The summed E-state index contributed by atoms with van der Waals surface area (Å²) in [6.45, 7) is 1.95. The third-order valence-electron chi connectivity index (χ3n) is 1.52. The Morgan fingerprint density at radius 3 is 2.75 bits per heavy atom.